The van der Waals surface area contributed by atoms with Crippen LogP contribution in [0.3, 0.4) is 0 Å². The first-order chi connectivity index (χ1) is 22.3. The standard InChI is InChI=1S/C36H52N4O8/c1-9-10-21-40(32(44)26(19-20-28(37)41)39-34(46)48-36(6,7)8)29(25-18-14-15-23(2)30(25)42)31(43)38-27(33(45)47-35(3,4)5)22-24-16-12-11-13-17-24/h11-18,26-27,29,42H,9-10,19-22H2,1-8H3,(H2,37,41)(H,38,43)(H,39,46). The Bertz CT molecular complexity index is 1420. The number of primary amides is 1. The fraction of sp³-hybridized carbons (Fsp3) is 0.528. The van der Waals surface area contributed by atoms with Crippen molar-refractivity contribution in [3.8, 4) is 5.75 Å². The molecule has 0 aliphatic heterocycles. The van der Waals surface area contributed by atoms with Gasteiger partial charge in [-0.05, 0) is 72.4 Å². The molecule has 0 aromatic heterocycles. The SMILES string of the molecule is CCCCN(C(=O)C(CCC(N)=O)NC(=O)OC(C)(C)C)C(C(=O)NC(Cc1ccccc1)C(=O)OC(C)(C)C)c1cccc(C)c1O. The Balaban J connectivity index is 2.67. The van der Waals surface area contributed by atoms with Gasteiger partial charge in [-0.3, -0.25) is 14.4 Å². The largest absolute Gasteiger partial charge is 0.507 e. The van der Waals surface area contributed by atoms with Crippen LogP contribution in [-0.2, 0) is 35.1 Å². The van der Waals surface area contributed by atoms with Gasteiger partial charge in [0.25, 0.3) is 0 Å². The van der Waals surface area contributed by atoms with Gasteiger partial charge >= 0.3 is 12.1 Å². The number of nitrogens with two attached hydrogens (primary N) is 1. The average molecular weight is 669 g/mol. The minimum Gasteiger partial charge on any atom is -0.507 e. The van der Waals surface area contributed by atoms with Crippen LogP contribution in [0.1, 0.15) is 96.9 Å². The molecule has 48 heavy (non-hydrogen) atoms. The van der Waals surface area contributed by atoms with Crippen LogP contribution in [0.4, 0.5) is 4.79 Å². The van der Waals surface area contributed by atoms with E-state index in [1.54, 1.807) is 60.6 Å². The van der Waals surface area contributed by atoms with E-state index >= 15 is 0 Å². The topological polar surface area (TPSA) is 177 Å². The molecule has 4 amide bonds. The lowest BCUT2D eigenvalue weighted by atomic mass is 9.97. The number of nitrogens with zero attached hydrogens (tertiary/aromatic N) is 1. The summed E-state index contributed by atoms with van der Waals surface area (Å²) < 4.78 is 11.0. The van der Waals surface area contributed by atoms with Gasteiger partial charge < -0.3 is 35.8 Å². The molecule has 0 aliphatic rings. The van der Waals surface area contributed by atoms with Crippen molar-refractivity contribution in [3.63, 3.8) is 0 Å². The highest BCUT2D eigenvalue weighted by Gasteiger charge is 2.39. The normalized spacial score (nSPS) is 13.4. The number of phenols is 1. The predicted octanol–water partition coefficient (Wildman–Crippen LogP) is 4.60. The maximum atomic E-state index is 14.5. The van der Waals surface area contributed by atoms with Crippen molar-refractivity contribution in [2.24, 2.45) is 5.73 Å². The van der Waals surface area contributed by atoms with Gasteiger partial charge in [0.1, 0.15) is 35.1 Å². The fourth-order valence-corrected chi connectivity index (χ4v) is 4.91. The number of alkyl carbamates (subject to hydrolysis) is 1. The van der Waals surface area contributed by atoms with Crippen molar-refractivity contribution in [1.29, 1.82) is 0 Å². The Morgan fingerprint density at radius 1 is 0.875 bits per heavy atom. The van der Waals surface area contributed by atoms with Crippen LogP contribution in [0.2, 0.25) is 0 Å². The van der Waals surface area contributed by atoms with Crippen molar-refractivity contribution in [2.75, 3.05) is 6.54 Å². The van der Waals surface area contributed by atoms with Crippen molar-refractivity contribution >= 4 is 29.8 Å². The van der Waals surface area contributed by atoms with Gasteiger partial charge in [0.2, 0.25) is 17.7 Å². The number of para-hydroxylation sites is 1. The summed E-state index contributed by atoms with van der Waals surface area (Å²) in [6.07, 6.45) is -0.114. The highest BCUT2D eigenvalue weighted by atomic mass is 16.6. The van der Waals surface area contributed by atoms with Crippen LogP contribution in [0.5, 0.6) is 5.75 Å². The van der Waals surface area contributed by atoms with E-state index in [4.69, 9.17) is 15.2 Å². The number of hydrogen-bond donors (Lipinski definition) is 4. The van der Waals surface area contributed by atoms with Crippen molar-refractivity contribution in [2.45, 2.75) is 117 Å². The second kappa shape index (κ2) is 17.5. The number of phenolic OH excluding ortho intramolecular Hbond substituents is 1. The smallest absolute Gasteiger partial charge is 0.408 e. The summed E-state index contributed by atoms with van der Waals surface area (Å²) in [7, 11) is 0. The Morgan fingerprint density at radius 2 is 1.50 bits per heavy atom. The van der Waals surface area contributed by atoms with Gasteiger partial charge in [0.05, 0.1) is 0 Å². The van der Waals surface area contributed by atoms with Gasteiger partial charge in [-0.2, -0.15) is 0 Å². The number of esters is 1. The van der Waals surface area contributed by atoms with Crippen molar-refractivity contribution in [1.82, 2.24) is 15.5 Å². The van der Waals surface area contributed by atoms with Crippen LogP contribution in [-0.4, -0.2) is 69.6 Å². The first kappa shape index (κ1) is 39.6. The first-order valence-electron chi connectivity index (χ1n) is 16.3. The van der Waals surface area contributed by atoms with Gasteiger partial charge in [-0.1, -0.05) is 61.9 Å². The molecule has 0 heterocycles. The molecule has 0 aliphatic carbocycles. The molecular formula is C36H52N4O8. The van der Waals surface area contributed by atoms with E-state index < -0.39 is 59.1 Å². The summed E-state index contributed by atoms with van der Waals surface area (Å²) in [5, 5.41) is 16.6. The Kier molecular flexibility index (Phi) is 14.4. The number of amides is 4. The highest BCUT2D eigenvalue weighted by Crippen LogP contribution is 2.33. The van der Waals surface area contributed by atoms with Crippen LogP contribution in [0.25, 0.3) is 0 Å². The summed E-state index contributed by atoms with van der Waals surface area (Å²) >= 11 is 0. The third-order valence-electron chi connectivity index (χ3n) is 7.12. The maximum absolute atomic E-state index is 14.5. The second-order valence-electron chi connectivity index (χ2n) is 13.8. The van der Waals surface area contributed by atoms with Gasteiger partial charge in [-0.15, -0.1) is 0 Å². The van der Waals surface area contributed by atoms with Gasteiger partial charge in [-0.25, -0.2) is 9.59 Å². The van der Waals surface area contributed by atoms with Crippen molar-refractivity contribution < 1.29 is 38.6 Å². The molecule has 2 aromatic rings. The van der Waals surface area contributed by atoms with Crippen molar-refractivity contribution in [3.05, 3.63) is 65.2 Å². The molecule has 12 heteroatoms. The molecule has 3 unspecified atom stereocenters. The molecule has 3 atom stereocenters. The number of ether oxygens (including phenoxy) is 2. The number of hydrogen-bond acceptors (Lipinski definition) is 8. The zero-order valence-electron chi connectivity index (χ0n) is 29.4. The van der Waals surface area contributed by atoms with Crippen LogP contribution in [0, 0.1) is 6.92 Å². The minimum absolute atomic E-state index is 0.0413. The van der Waals surface area contributed by atoms with E-state index in [9.17, 15) is 29.1 Å². The zero-order valence-corrected chi connectivity index (χ0v) is 29.4. The van der Waals surface area contributed by atoms with E-state index in [0.717, 1.165) is 5.56 Å². The number of carbonyl (C=O) groups excluding carboxylic acids is 5. The zero-order chi connectivity index (χ0) is 36.2. The van der Waals surface area contributed by atoms with E-state index in [2.05, 4.69) is 10.6 Å². The van der Waals surface area contributed by atoms with Gasteiger partial charge in [0.15, 0.2) is 0 Å². The van der Waals surface area contributed by atoms with E-state index in [1.807, 2.05) is 37.3 Å². The molecule has 12 nitrogen and oxygen atoms in total. The Morgan fingerprint density at radius 3 is 2.06 bits per heavy atom. The first-order valence-corrected chi connectivity index (χ1v) is 16.3. The lowest BCUT2D eigenvalue weighted by Crippen LogP contribution is -2.55. The second-order valence-corrected chi connectivity index (χ2v) is 13.8. The summed E-state index contributed by atoms with van der Waals surface area (Å²) in [6, 6.07) is 10.0. The highest BCUT2D eigenvalue weighted by molar-refractivity contribution is 5.94. The number of carbonyl (C=O) groups is 5. The number of rotatable bonds is 15. The van der Waals surface area contributed by atoms with Crippen LogP contribution in [0.15, 0.2) is 48.5 Å². The summed E-state index contributed by atoms with van der Waals surface area (Å²) in [5.41, 5.74) is 5.01. The number of unbranched alkanes of at least 4 members (excludes halogenated alkanes) is 1. The average Bonchev–Trinajstić information content (AvgIpc) is 2.97. The lowest BCUT2D eigenvalue weighted by Gasteiger charge is -2.35. The Labute approximate surface area is 283 Å². The van der Waals surface area contributed by atoms with E-state index in [-0.39, 0.29) is 37.1 Å². The summed E-state index contributed by atoms with van der Waals surface area (Å²) in [4.78, 5) is 68.3. The summed E-state index contributed by atoms with van der Waals surface area (Å²) in [5.74, 6) is -3.03. The molecule has 0 bridgehead atoms. The lowest BCUT2D eigenvalue weighted by molar-refractivity contribution is -0.159. The Hall–Kier alpha value is -4.61. The third kappa shape index (κ3) is 12.9. The number of nitrogens with one attached hydrogen (secondary N) is 2. The maximum Gasteiger partial charge on any atom is 0.408 e. The third-order valence-corrected chi connectivity index (χ3v) is 7.12. The van der Waals surface area contributed by atoms with Gasteiger partial charge in [0, 0.05) is 24.9 Å². The number of aromatic hydroxyl groups is 1. The molecule has 0 radical (unpaired) electrons. The summed E-state index contributed by atoms with van der Waals surface area (Å²) in [6.45, 7) is 13.8. The van der Waals surface area contributed by atoms with Crippen LogP contribution >= 0.6 is 0 Å². The number of benzene rings is 2. The fourth-order valence-electron chi connectivity index (χ4n) is 4.91. The molecular weight excluding hydrogens is 616 g/mol. The van der Waals surface area contributed by atoms with Crippen LogP contribution < -0.4 is 16.4 Å². The monoisotopic (exact) mass is 668 g/mol. The number of aryl methyl sites for hydroxylation is 1. The molecule has 0 saturated heterocycles. The molecule has 264 valence electrons. The van der Waals surface area contributed by atoms with E-state index in [1.165, 1.54) is 11.0 Å². The molecule has 0 spiro atoms. The molecule has 0 fully saturated rings. The minimum atomic E-state index is -1.44. The predicted molar refractivity (Wildman–Crippen MR) is 182 cm³/mol. The quantitative estimate of drug-likeness (QED) is 0.199. The van der Waals surface area contributed by atoms with E-state index in [0.29, 0.717) is 18.4 Å². The molecule has 5 N–H and O–H groups in total. The molecule has 2 aromatic carbocycles. The molecule has 2 rings (SSSR count). The molecule has 0 saturated carbocycles.